The van der Waals surface area contributed by atoms with Gasteiger partial charge in [0.2, 0.25) is 0 Å². The van der Waals surface area contributed by atoms with E-state index in [-0.39, 0.29) is 5.57 Å². The largest absolute Gasteiger partial charge is 0.478 e. The molecule has 0 bridgehead atoms. The van der Waals surface area contributed by atoms with Gasteiger partial charge in [-0.25, -0.2) is 22.7 Å². The lowest BCUT2D eigenvalue weighted by molar-refractivity contribution is -0.132. The summed E-state index contributed by atoms with van der Waals surface area (Å²) in [5.74, 6) is -1.19. The molecule has 2 N–H and O–H groups in total. The summed E-state index contributed by atoms with van der Waals surface area (Å²) in [4.78, 5) is 13.5. The van der Waals surface area contributed by atoms with Crippen molar-refractivity contribution in [2.24, 2.45) is 0 Å². The first-order valence-electron chi connectivity index (χ1n) is 5.80. The molecule has 1 aromatic rings. The molecule has 6 nitrogen and oxygen atoms in total. The molecule has 0 amide bonds. The van der Waals surface area contributed by atoms with E-state index in [9.17, 15) is 13.2 Å². The number of allylic oxidation sites excluding steroid dienone is 1. The van der Waals surface area contributed by atoms with E-state index in [1.54, 1.807) is 12.1 Å². The molecule has 1 aromatic heterocycles. The minimum atomic E-state index is -3.84. The Balaban J connectivity index is 2.33. The predicted molar refractivity (Wildman–Crippen MR) is 81.5 cm³/mol. The van der Waals surface area contributed by atoms with Gasteiger partial charge in [0.25, 0.3) is 10.0 Å². The minimum absolute atomic E-state index is 0.0665. The van der Waals surface area contributed by atoms with Gasteiger partial charge in [-0.3, -0.25) is 0 Å². The van der Waals surface area contributed by atoms with Crippen molar-refractivity contribution in [1.29, 1.82) is 0 Å². The molecular formula is C11H12Br2N2O4S. The SMILES string of the molecule is O=C(O)C1=CCCCC1S(=O)(=O)Nn1c(Br)ccc1Br. The molecule has 1 aliphatic rings. The van der Waals surface area contributed by atoms with Crippen LogP contribution >= 0.6 is 31.9 Å². The molecule has 1 atom stereocenters. The Kier molecular flexibility index (Phi) is 4.60. The molecule has 0 fully saturated rings. The second-order valence-corrected chi connectivity index (χ2v) is 7.80. The van der Waals surface area contributed by atoms with Crippen LogP contribution < -0.4 is 4.83 Å². The van der Waals surface area contributed by atoms with Gasteiger partial charge in [0.1, 0.15) is 14.5 Å². The molecule has 1 unspecified atom stereocenters. The van der Waals surface area contributed by atoms with Crippen LogP contribution in [0.25, 0.3) is 0 Å². The molecular weight excluding hydrogens is 416 g/mol. The number of nitrogens with one attached hydrogen (secondary N) is 1. The molecule has 0 aromatic carbocycles. The Morgan fingerprint density at radius 3 is 2.50 bits per heavy atom. The molecule has 20 heavy (non-hydrogen) atoms. The molecule has 0 saturated carbocycles. The summed E-state index contributed by atoms with van der Waals surface area (Å²) in [6.45, 7) is 0. The van der Waals surface area contributed by atoms with Crippen LogP contribution in [0.4, 0.5) is 0 Å². The maximum absolute atomic E-state index is 12.4. The average Bonchev–Trinajstić information content (AvgIpc) is 2.70. The van der Waals surface area contributed by atoms with Gasteiger partial charge < -0.3 is 5.11 Å². The van der Waals surface area contributed by atoms with Gasteiger partial charge in [0, 0.05) is 0 Å². The zero-order valence-corrected chi connectivity index (χ0v) is 14.2. The van der Waals surface area contributed by atoms with E-state index in [0.29, 0.717) is 28.5 Å². The second-order valence-electron chi connectivity index (χ2n) is 4.33. The third-order valence-corrected chi connectivity index (χ3v) is 5.92. The second kappa shape index (κ2) is 5.90. The molecule has 0 saturated heterocycles. The van der Waals surface area contributed by atoms with E-state index >= 15 is 0 Å². The van der Waals surface area contributed by atoms with Crippen molar-refractivity contribution >= 4 is 47.9 Å². The summed E-state index contributed by atoms with van der Waals surface area (Å²) in [5, 5.41) is 8.08. The third-order valence-electron chi connectivity index (χ3n) is 3.01. The monoisotopic (exact) mass is 426 g/mol. The van der Waals surface area contributed by atoms with Crippen LogP contribution in [0.2, 0.25) is 0 Å². The molecule has 1 heterocycles. The van der Waals surface area contributed by atoms with Crippen molar-refractivity contribution in [3.8, 4) is 0 Å². The average molecular weight is 428 g/mol. The molecule has 9 heteroatoms. The van der Waals surface area contributed by atoms with Gasteiger partial charge in [-0.05, 0) is 63.3 Å². The van der Waals surface area contributed by atoms with Gasteiger partial charge in [0.15, 0.2) is 0 Å². The highest BCUT2D eigenvalue weighted by atomic mass is 79.9. The van der Waals surface area contributed by atoms with Crippen molar-refractivity contribution in [1.82, 2.24) is 4.68 Å². The summed E-state index contributed by atoms with van der Waals surface area (Å²) in [6, 6.07) is 3.34. The quantitative estimate of drug-likeness (QED) is 0.772. The van der Waals surface area contributed by atoms with E-state index < -0.39 is 21.2 Å². The van der Waals surface area contributed by atoms with E-state index in [4.69, 9.17) is 5.11 Å². The van der Waals surface area contributed by atoms with Crippen LogP contribution in [0.15, 0.2) is 33.0 Å². The minimum Gasteiger partial charge on any atom is -0.478 e. The predicted octanol–water partition coefficient (Wildman–Crippen LogP) is 2.45. The highest BCUT2D eigenvalue weighted by molar-refractivity contribution is 9.11. The lowest BCUT2D eigenvalue weighted by Crippen LogP contribution is -2.37. The Morgan fingerprint density at radius 1 is 1.35 bits per heavy atom. The Hall–Kier alpha value is -0.800. The Morgan fingerprint density at radius 2 is 1.95 bits per heavy atom. The summed E-state index contributed by atoms with van der Waals surface area (Å²) in [7, 11) is -3.84. The summed E-state index contributed by atoms with van der Waals surface area (Å²) in [5.41, 5.74) is -0.0665. The van der Waals surface area contributed by atoms with Crippen molar-refractivity contribution < 1.29 is 18.3 Å². The number of aromatic nitrogens is 1. The maximum atomic E-state index is 12.4. The van der Waals surface area contributed by atoms with Gasteiger partial charge in [-0.1, -0.05) is 6.08 Å². The van der Waals surface area contributed by atoms with Crippen LogP contribution in [0, 0.1) is 0 Å². The first kappa shape index (κ1) is 15.6. The molecule has 2 rings (SSSR count). The van der Waals surface area contributed by atoms with E-state index in [1.165, 1.54) is 10.8 Å². The number of halogens is 2. The third kappa shape index (κ3) is 3.09. The van der Waals surface area contributed by atoms with E-state index in [1.807, 2.05) is 0 Å². The molecule has 1 aliphatic carbocycles. The first-order chi connectivity index (χ1) is 9.33. The van der Waals surface area contributed by atoms with Crippen LogP contribution in [-0.4, -0.2) is 29.4 Å². The maximum Gasteiger partial charge on any atom is 0.332 e. The molecule has 0 aliphatic heterocycles. The fourth-order valence-corrected chi connectivity index (χ4v) is 4.94. The van der Waals surface area contributed by atoms with E-state index in [2.05, 4.69) is 36.7 Å². The summed E-state index contributed by atoms with van der Waals surface area (Å²) < 4.78 is 27.1. The zero-order chi connectivity index (χ0) is 14.9. The summed E-state index contributed by atoms with van der Waals surface area (Å²) in [6.07, 6.45) is 3.01. The Labute approximate surface area is 133 Å². The van der Waals surface area contributed by atoms with Crippen LogP contribution in [0.3, 0.4) is 0 Å². The van der Waals surface area contributed by atoms with Gasteiger partial charge >= 0.3 is 5.97 Å². The number of carboxylic acid groups (broad SMARTS) is 1. The zero-order valence-electron chi connectivity index (χ0n) is 10.2. The van der Waals surface area contributed by atoms with Crippen LogP contribution in [-0.2, 0) is 14.8 Å². The number of hydrogen-bond donors (Lipinski definition) is 2. The number of rotatable bonds is 4. The van der Waals surface area contributed by atoms with Crippen molar-refractivity contribution in [3.05, 3.63) is 33.0 Å². The summed E-state index contributed by atoms with van der Waals surface area (Å²) >= 11 is 6.43. The number of carbonyl (C=O) groups is 1. The Bertz CT molecular complexity index is 646. The smallest absolute Gasteiger partial charge is 0.332 e. The van der Waals surface area contributed by atoms with Crippen molar-refractivity contribution in [2.75, 3.05) is 4.83 Å². The topological polar surface area (TPSA) is 88.4 Å². The van der Waals surface area contributed by atoms with Gasteiger partial charge in [-0.15, -0.1) is 0 Å². The van der Waals surface area contributed by atoms with Gasteiger partial charge in [-0.2, -0.15) is 0 Å². The number of carboxylic acids is 1. The first-order valence-corrected chi connectivity index (χ1v) is 8.94. The fraction of sp³-hybridized carbons (Fsp3) is 0.364. The number of nitrogens with zero attached hydrogens (tertiary/aromatic N) is 1. The molecule has 110 valence electrons. The van der Waals surface area contributed by atoms with Crippen LogP contribution in [0.1, 0.15) is 19.3 Å². The number of aliphatic carboxylic acids is 1. The normalized spacial score (nSPS) is 19.5. The number of hydrogen-bond acceptors (Lipinski definition) is 3. The number of sulfonamides is 1. The lowest BCUT2D eigenvalue weighted by Gasteiger charge is -2.23. The van der Waals surface area contributed by atoms with Crippen molar-refractivity contribution in [3.63, 3.8) is 0 Å². The molecule has 0 spiro atoms. The van der Waals surface area contributed by atoms with E-state index in [0.717, 1.165) is 0 Å². The molecule has 0 radical (unpaired) electrons. The van der Waals surface area contributed by atoms with Gasteiger partial charge in [0.05, 0.1) is 5.57 Å². The highest BCUT2D eigenvalue weighted by Gasteiger charge is 2.34. The standard InChI is InChI=1S/C11H12Br2N2O4S/c12-9-5-6-10(13)15(9)14-20(18,19)8-4-2-1-3-7(8)11(16)17/h3,5-6,8,14H,1-2,4H2,(H,16,17). The lowest BCUT2D eigenvalue weighted by atomic mass is 9.99. The fourth-order valence-electron chi connectivity index (χ4n) is 2.06. The highest BCUT2D eigenvalue weighted by Crippen LogP contribution is 2.26. The van der Waals surface area contributed by atoms with Crippen molar-refractivity contribution in [2.45, 2.75) is 24.5 Å². The van der Waals surface area contributed by atoms with Crippen LogP contribution in [0.5, 0.6) is 0 Å².